The number of amides is 1. The highest BCUT2D eigenvalue weighted by Crippen LogP contribution is 2.33. The van der Waals surface area contributed by atoms with Gasteiger partial charge in [0.15, 0.2) is 4.77 Å². The van der Waals surface area contributed by atoms with Crippen LogP contribution in [0.1, 0.15) is 34.8 Å². The number of nitrogens with zero attached hydrogens (tertiary/aromatic N) is 1. The average molecular weight is 386 g/mol. The third kappa shape index (κ3) is 3.06. The number of fused-ring (bicyclic) bond motifs is 1. The molecule has 0 spiro atoms. The van der Waals surface area contributed by atoms with Crippen molar-refractivity contribution < 1.29 is 4.79 Å². The van der Waals surface area contributed by atoms with Crippen molar-refractivity contribution in [2.24, 2.45) is 0 Å². The second kappa shape index (κ2) is 6.70. The van der Waals surface area contributed by atoms with Crippen molar-refractivity contribution in [1.82, 2.24) is 14.9 Å². The van der Waals surface area contributed by atoms with Crippen molar-refractivity contribution in [3.05, 3.63) is 73.7 Å². The number of aromatic amines is 2. The topological polar surface area (TPSA) is 69.0 Å². The molecule has 2 aromatic carbocycles. The Bertz CT molecular complexity index is 1100. The molecule has 26 heavy (non-hydrogen) atoms. The summed E-state index contributed by atoms with van der Waals surface area (Å²) in [7, 11) is 0. The first-order valence-corrected chi connectivity index (χ1v) is 9.14. The number of carbonyl (C=O) groups is 1. The van der Waals surface area contributed by atoms with Crippen molar-refractivity contribution >= 4 is 40.6 Å². The molecule has 132 valence electrons. The number of H-pyrrole nitrogens is 2. The van der Waals surface area contributed by atoms with Crippen molar-refractivity contribution in [3.8, 4) is 0 Å². The smallest absolute Gasteiger partial charge is 0.259 e. The van der Waals surface area contributed by atoms with E-state index in [0.717, 1.165) is 18.4 Å². The Morgan fingerprint density at radius 1 is 1.15 bits per heavy atom. The molecule has 0 bridgehead atoms. The Morgan fingerprint density at radius 3 is 2.69 bits per heavy atom. The van der Waals surface area contributed by atoms with Gasteiger partial charge >= 0.3 is 0 Å². The molecule has 0 saturated carbocycles. The molecule has 1 aromatic heterocycles. The maximum absolute atomic E-state index is 13.1. The molecule has 5 nitrogen and oxygen atoms in total. The van der Waals surface area contributed by atoms with Gasteiger partial charge in [-0.3, -0.25) is 14.6 Å². The van der Waals surface area contributed by atoms with Crippen LogP contribution < -0.4 is 5.56 Å². The number of hydrogen-bond donors (Lipinski definition) is 2. The molecule has 2 heterocycles. The quantitative estimate of drug-likeness (QED) is 0.649. The Balaban J connectivity index is 1.70. The zero-order valence-electron chi connectivity index (χ0n) is 13.8. The van der Waals surface area contributed by atoms with Crippen molar-refractivity contribution in [1.29, 1.82) is 0 Å². The summed E-state index contributed by atoms with van der Waals surface area (Å²) >= 11 is 11.0. The van der Waals surface area contributed by atoms with Crippen LogP contribution in [0.15, 0.2) is 47.3 Å². The highest BCUT2D eigenvalue weighted by Gasteiger charge is 2.30. The fourth-order valence-electron chi connectivity index (χ4n) is 3.51. The Morgan fingerprint density at radius 2 is 1.92 bits per heavy atom. The molecule has 4 rings (SSSR count). The van der Waals surface area contributed by atoms with Crippen molar-refractivity contribution in [2.75, 3.05) is 6.54 Å². The monoisotopic (exact) mass is 385 g/mol. The van der Waals surface area contributed by atoms with E-state index in [1.54, 1.807) is 18.2 Å². The lowest BCUT2D eigenvalue weighted by Gasteiger charge is -2.25. The van der Waals surface area contributed by atoms with Crippen LogP contribution in [0, 0.1) is 4.77 Å². The zero-order valence-corrected chi connectivity index (χ0v) is 15.4. The fraction of sp³-hybridized carbons (Fsp3) is 0.211. The molecule has 1 fully saturated rings. The van der Waals surface area contributed by atoms with Gasteiger partial charge in [0.05, 0.1) is 16.9 Å². The van der Waals surface area contributed by atoms with E-state index in [-0.39, 0.29) is 22.3 Å². The van der Waals surface area contributed by atoms with Crippen LogP contribution in [0.25, 0.3) is 10.9 Å². The first-order valence-electron chi connectivity index (χ1n) is 8.36. The molecule has 1 aliphatic rings. The van der Waals surface area contributed by atoms with E-state index in [0.29, 0.717) is 28.0 Å². The van der Waals surface area contributed by atoms with Gasteiger partial charge in [-0.1, -0.05) is 23.7 Å². The van der Waals surface area contributed by atoms with Crippen LogP contribution in [-0.4, -0.2) is 27.3 Å². The summed E-state index contributed by atoms with van der Waals surface area (Å²) < 4.78 is 0.243. The fourth-order valence-corrected chi connectivity index (χ4v) is 3.84. The van der Waals surface area contributed by atoms with Gasteiger partial charge in [-0.15, -0.1) is 0 Å². The predicted molar refractivity (Wildman–Crippen MR) is 104 cm³/mol. The number of rotatable bonds is 2. The number of benzene rings is 2. The summed E-state index contributed by atoms with van der Waals surface area (Å²) in [5.41, 5.74) is 1.92. The largest absolute Gasteiger partial charge is 0.332 e. The molecule has 1 amide bonds. The number of likely N-dealkylation sites (tertiary alicyclic amines) is 1. The van der Waals surface area contributed by atoms with Crippen molar-refractivity contribution in [3.63, 3.8) is 0 Å². The highest BCUT2D eigenvalue weighted by atomic mass is 35.5. The van der Waals surface area contributed by atoms with E-state index in [2.05, 4.69) is 9.97 Å². The minimum absolute atomic E-state index is 0.0353. The third-order valence-corrected chi connectivity index (χ3v) is 5.21. The number of hydrogen-bond acceptors (Lipinski definition) is 3. The Hall–Kier alpha value is -2.44. The normalized spacial score (nSPS) is 17.0. The molecule has 1 atom stereocenters. The SMILES string of the molecule is O=C(c1ccc2c(=O)[nH]c(=S)[nH]c2c1)N1CCC[C@@H]1c1ccc(Cl)cc1. The van der Waals surface area contributed by atoms with E-state index >= 15 is 0 Å². The van der Waals surface area contributed by atoms with E-state index in [9.17, 15) is 9.59 Å². The van der Waals surface area contributed by atoms with Gasteiger partial charge in [0.25, 0.3) is 11.5 Å². The van der Waals surface area contributed by atoms with E-state index < -0.39 is 0 Å². The lowest BCUT2D eigenvalue weighted by Crippen LogP contribution is -2.30. The lowest BCUT2D eigenvalue weighted by atomic mass is 10.0. The van der Waals surface area contributed by atoms with Crippen LogP contribution in [-0.2, 0) is 0 Å². The van der Waals surface area contributed by atoms with Crippen LogP contribution in [0.4, 0.5) is 0 Å². The predicted octanol–water partition coefficient (Wildman–Crippen LogP) is 4.22. The summed E-state index contributed by atoms with van der Waals surface area (Å²) in [6.07, 6.45) is 1.87. The summed E-state index contributed by atoms with van der Waals surface area (Å²) in [6, 6.07) is 12.7. The molecule has 1 aliphatic heterocycles. The minimum atomic E-state index is -0.261. The van der Waals surface area contributed by atoms with Gasteiger partial charge in [0.1, 0.15) is 0 Å². The maximum Gasteiger partial charge on any atom is 0.259 e. The molecular weight excluding hydrogens is 370 g/mol. The molecule has 1 saturated heterocycles. The highest BCUT2D eigenvalue weighted by molar-refractivity contribution is 7.71. The van der Waals surface area contributed by atoms with Crippen LogP contribution in [0.2, 0.25) is 5.02 Å². The summed E-state index contributed by atoms with van der Waals surface area (Å²) in [5.74, 6) is -0.0519. The summed E-state index contributed by atoms with van der Waals surface area (Å²) in [4.78, 5) is 32.4. The molecule has 0 unspecified atom stereocenters. The second-order valence-corrected chi connectivity index (χ2v) is 7.22. The molecule has 0 radical (unpaired) electrons. The van der Waals surface area contributed by atoms with Gasteiger partial charge in [-0.2, -0.15) is 0 Å². The minimum Gasteiger partial charge on any atom is -0.332 e. The van der Waals surface area contributed by atoms with Crippen LogP contribution in [0.5, 0.6) is 0 Å². The summed E-state index contributed by atoms with van der Waals surface area (Å²) in [5, 5.41) is 1.16. The number of aromatic nitrogens is 2. The lowest BCUT2D eigenvalue weighted by molar-refractivity contribution is 0.0736. The van der Waals surface area contributed by atoms with Gasteiger partial charge in [0.2, 0.25) is 0 Å². The van der Waals surface area contributed by atoms with Gasteiger partial charge in [-0.25, -0.2) is 0 Å². The second-order valence-electron chi connectivity index (χ2n) is 6.38. The molecular formula is C19H16ClN3O2S. The Kier molecular flexibility index (Phi) is 4.38. The number of carbonyl (C=O) groups excluding carboxylic acids is 1. The average Bonchev–Trinajstić information content (AvgIpc) is 3.10. The first kappa shape index (κ1) is 17.0. The standard InChI is InChI=1S/C19H16ClN3O2S/c20-13-6-3-11(4-7-13)16-2-1-9-23(16)18(25)12-5-8-14-15(10-12)21-19(26)22-17(14)24/h3-8,10,16H,1-2,9H2,(H2,21,22,24,26)/t16-/m1/s1. The number of nitrogens with one attached hydrogen (secondary N) is 2. The van der Waals surface area contributed by atoms with Gasteiger partial charge in [0, 0.05) is 17.1 Å². The third-order valence-electron chi connectivity index (χ3n) is 4.75. The van der Waals surface area contributed by atoms with Gasteiger partial charge < -0.3 is 9.88 Å². The number of halogens is 1. The Labute approximate surface area is 159 Å². The van der Waals surface area contributed by atoms with Crippen molar-refractivity contribution in [2.45, 2.75) is 18.9 Å². The van der Waals surface area contributed by atoms with Gasteiger partial charge in [-0.05, 0) is 61.0 Å². The molecule has 3 aromatic rings. The van der Waals surface area contributed by atoms with E-state index in [1.165, 1.54) is 0 Å². The van der Waals surface area contributed by atoms with E-state index in [1.807, 2.05) is 29.2 Å². The summed E-state index contributed by atoms with van der Waals surface area (Å²) in [6.45, 7) is 0.704. The molecule has 7 heteroatoms. The van der Waals surface area contributed by atoms with Crippen LogP contribution in [0.3, 0.4) is 0 Å². The van der Waals surface area contributed by atoms with E-state index in [4.69, 9.17) is 23.8 Å². The maximum atomic E-state index is 13.1. The first-order chi connectivity index (χ1) is 12.5. The molecule has 2 N–H and O–H groups in total. The molecule has 0 aliphatic carbocycles. The zero-order chi connectivity index (χ0) is 18.3. The van der Waals surface area contributed by atoms with Crippen LogP contribution >= 0.6 is 23.8 Å².